The summed E-state index contributed by atoms with van der Waals surface area (Å²) in [5.74, 6) is 0.383. The molecule has 0 saturated carbocycles. The number of hydrogen-bond acceptors (Lipinski definition) is 3. The van der Waals surface area contributed by atoms with Crippen molar-refractivity contribution in [2.45, 2.75) is 24.8 Å². The van der Waals surface area contributed by atoms with Crippen LogP contribution in [0.4, 0.5) is 0 Å². The predicted octanol–water partition coefficient (Wildman–Crippen LogP) is 1.55. The van der Waals surface area contributed by atoms with E-state index in [4.69, 9.17) is 5.73 Å². The van der Waals surface area contributed by atoms with Gasteiger partial charge in [-0.3, -0.25) is 4.79 Å². The molecule has 0 heterocycles. The van der Waals surface area contributed by atoms with E-state index in [9.17, 15) is 4.79 Å². The number of thioether (sulfide) groups is 1. The molecule has 3 nitrogen and oxygen atoms in total. The highest BCUT2D eigenvalue weighted by Gasteiger charge is 2.13. The molecule has 3 N–H and O–H groups in total. The number of amides is 1. The second kappa shape index (κ2) is 6.55. The molecule has 16 heavy (non-hydrogen) atoms. The number of carbonyl (C=O) groups excluding carboxylic acids is 1. The number of primary amides is 1. The zero-order valence-corrected chi connectivity index (χ0v) is 10.5. The van der Waals surface area contributed by atoms with Crippen LogP contribution in [-0.2, 0) is 4.79 Å². The highest BCUT2D eigenvalue weighted by Crippen LogP contribution is 2.19. The van der Waals surface area contributed by atoms with Crippen molar-refractivity contribution in [2.75, 3.05) is 12.3 Å². The van der Waals surface area contributed by atoms with Crippen molar-refractivity contribution in [1.82, 2.24) is 5.32 Å². The SMILES string of the molecule is CCNC(CSc1cccc(C)c1)C(N)=O. The van der Waals surface area contributed by atoms with E-state index in [2.05, 4.69) is 24.4 Å². The lowest BCUT2D eigenvalue weighted by atomic mass is 10.2. The molecule has 0 aromatic heterocycles. The smallest absolute Gasteiger partial charge is 0.235 e. The first kappa shape index (κ1) is 13.1. The standard InChI is InChI=1S/C12H18N2OS/c1-3-14-11(12(13)15)8-16-10-6-4-5-9(2)7-10/h4-7,11,14H,3,8H2,1-2H3,(H2,13,15). The van der Waals surface area contributed by atoms with E-state index in [1.54, 1.807) is 11.8 Å². The van der Waals surface area contributed by atoms with Crippen molar-refractivity contribution >= 4 is 17.7 Å². The molecular formula is C12H18N2OS. The molecule has 1 aromatic carbocycles. The molecule has 0 bridgehead atoms. The number of carbonyl (C=O) groups is 1. The van der Waals surface area contributed by atoms with Crippen molar-refractivity contribution in [2.24, 2.45) is 5.73 Å². The van der Waals surface area contributed by atoms with Gasteiger partial charge >= 0.3 is 0 Å². The third kappa shape index (κ3) is 4.24. The lowest BCUT2D eigenvalue weighted by Crippen LogP contribution is -2.42. The quantitative estimate of drug-likeness (QED) is 0.739. The number of likely N-dealkylation sites (N-methyl/N-ethyl adjacent to an activating group) is 1. The highest BCUT2D eigenvalue weighted by atomic mass is 32.2. The number of aryl methyl sites for hydroxylation is 1. The van der Waals surface area contributed by atoms with Gasteiger partial charge in [-0.05, 0) is 25.6 Å². The molecule has 0 spiro atoms. The average Bonchev–Trinajstić information content (AvgIpc) is 2.24. The summed E-state index contributed by atoms with van der Waals surface area (Å²) in [4.78, 5) is 12.3. The second-order valence-electron chi connectivity index (χ2n) is 3.64. The zero-order valence-electron chi connectivity index (χ0n) is 9.69. The van der Waals surface area contributed by atoms with E-state index in [0.717, 1.165) is 6.54 Å². The molecule has 1 atom stereocenters. The van der Waals surface area contributed by atoms with Crippen LogP contribution < -0.4 is 11.1 Å². The minimum Gasteiger partial charge on any atom is -0.368 e. The minimum absolute atomic E-state index is 0.254. The zero-order chi connectivity index (χ0) is 12.0. The molecule has 0 aliphatic carbocycles. The largest absolute Gasteiger partial charge is 0.368 e. The Morgan fingerprint density at radius 2 is 2.31 bits per heavy atom. The summed E-state index contributed by atoms with van der Waals surface area (Å²) in [5, 5.41) is 3.07. The maximum Gasteiger partial charge on any atom is 0.235 e. The first-order chi connectivity index (χ1) is 7.63. The van der Waals surface area contributed by atoms with Crippen LogP contribution in [0.3, 0.4) is 0 Å². The topological polar surface area (TPSA) is 55.1 Å². The number of hydrogen-bond donors (Lipinski definition) is 2. The summed E-state index contributed by atoms with van der Waals surface area (Å²) in [6.07, 6.45) is 0. The Hall–Kier alpha value is -1.00. The van der Waals surface area contributed by atoms with Crippen molar-refractivity contribution in [3.05, 3.63) is 29.8 Å². The predicted molar refractivity (Wildman–Crippen MR) is 68.6 cm³/mol. The van der Waals surface area contributed by atoms with E-state index >= 15 is 0 Å². The molecule has 1 unspecified atom stereocenters. The highest BCUT2D eigenvalue weighted by molar-refractivity contribution is 7.99. The molecule has 4 heteroatoms. The Balaban J connectivity index is 2.51. The maximum atomic E-state index is 11.1. The Kier molecular flexibility index (Phi) is 5.35. The van der Waals surface area contributed by atoms with Gasteiger partial charge in [-0.1, -0.05) is 24.6 Å². The van der Waals surface area contributed by atoms with Crippen molar-refractivity contribution in [1.29, 1.82) is 0 Å². The third-order valence-electron chi connectivity index (χ3n) is 2.20. The molecule has 1 rings (SSSR count). The third-order valence-corrected chi connectivity index (χ3v) is 3.29. The van der Waals surface area contributed by atoms with Gasteiger partial charge in [0.25, 0.3) is 0 Å². The van der Waals surface area contributed by atoms with Crippen LogP contribution in [0.5, 0.6) is 0 Å². The first-order valence-electron chi connectivity index (χ1n) is 5.35. The first-order valence-corrected chi connectivity index (χ1v) is 6.34. The van der Waals surface area contributed by atoms with E-state index in [1.165, 1.54) is 10.5 Å². The molecular weight excluding hydrogens is 220 g/mol. The lowest BCUT2D eigenvalue weighted by molar-refractivity contribution is -0.119. The minimum atomic E-state index is -0.290. The van der Waals surface area contributed by atoms with Gasteiger partial charge in [-0.25, -0.2) is 0 Å². The van der Waals surface area contributed by atoms with Crippen LogP contribution in [-0.4, -0.2) is 24.2 Å². The average molecular weight is 238 g/mol. The fraction of sp³-hybridized carbons (Fsp3) is 0.417. The fourth-order valence-electron chi connectivity index (χ4n) is 1.37. The van der Waals surface area contributed by atoms with Gasteiger partial charge in [-0.15, -0.1) is 11.8 Å². The Morgan fingerprint density at radius 3 is 2.88 bits per heavy atom. The van der Waals surface area contributed by atoms with E-state index in [-0.39, 0.29) is 11.9 Å². The van der Waals surface area contributed by atoms with Gasteiger partial charge in [0.1, 0.15) is 0 Å². The van der Waals surface area contributed by atoms with Crippen molar-refractivity contribution in [3.63, 3.8) is 0 Å². The summed E-state index contributed by atoms with van der Waals surface area (Å²) in [6.45, 7) is 4.77. The molecule has 0 aliphatic rings. The summed E-state index contributed by atoms with van der Waals surface area (Å²) in [5.41, 5.74) is 6.53. The van der Waals surface area contributed by atoms with Crippen LogP contribution in [0, 0.1) is 6.92 Å². The van der Waals surface area contributed by atoms with Gasteiger partial charge in [0, 0.05) is 10.6 Å². The molecule has 88 valence electrons. The normalized spacial score (nSPS) is 12.4. The van der Waals surface area contributed by atoms with Crippen LogP contribution in [0.2, 0.25) is 0 Å². The molecule has 0 radical (unpaired) electrons. The van der Waals surface area contributed by atoms with Crippen LogP contribution >= 0.6 is 11.8 Å². The van der Waals surface area contributed by atoms with Crippen LogP contribution in [0.15, 0.2) is 29.2 Å². The maximum absolute atomic E-state index is 11.1. The molecule has 1 amide bonds. The van der Waals surface area contributed by atoms with Crippen LogP contribution in [0.25, 0.3) is 0 Å². The summed E-state index contributed by atoms with van der Waals surface area (Å²) in [7, 11) is 0. The Morgan fingerprint density at radius 1 is 1.56 bits per heavy atom. The van der Waals surface area contributed by atoms with Crippen LogP contribution in [0.1, 0.15) is 12.5 Å². The lowest BCUT2D eigenvalue weighted by Gasteiger charge is -2.13. The Labute approximate surface area is 101 Å². The monoisotopic (exact) mass is 238 g/mol. The summed E-state index contributed by atoms with van der Waals surface area (Å²) >= 11 is 1.65. The summed E-state index contributed by atoms with van der Waals surface area (Å²) in [6, 6.07) is 7.97. The molecule has 0 saturated heterocycles. The van der Waals surface area contributed by atoms with Gasteiger partial charge < -0.3 is 11.1 Å². The van der Waals surface area contributed by atoms with E-state index < -0.39 is 0 Å². The number of benzene rings is 1. The van der Waals surface area contributed by atoms with Crippen molar-refractivity contribution < 1.29 is 4.79 Å². The van der Waals surface area contributed by atoms with E-state index in [0.29, 0.717) is 5.75 Å². The van der Waals surface area contributed by atoms with Gasteiger partial charge in [-0.2, -0.15) is 0 Å². The van der Waals surface area contributed by atoms with Gasteiger partial charge in [0.05, 0.1) is 6.04 Å². The molecule has 0 aliphatic heterocycles. The Bertz CT molecular complexity index is 355. The number of rotatable bonds is 6. The number of nitrogens with one attached hydrogen (secondary N) is 1. The molecule has 1 aromatic rings. The number of nitrogens with two attached hydrogens (primary N) is 1. The molecule has 0 fully saturated rings. The van der Waals surface area contributed by atoms with E-state index in [1.807, 2.05) is 19.1 Å². The fourth-order valence-corrected chi connectivity index (χ4v) is 2.46. The van der Waals surface area contributed by atoms with Crippen molar-refractivity contribution in [3.8, 4) is 0 Å². The van der Waals surface area contributed by atoms with Gasteiger partial charge in [0.2, 0.25) is 5.91 Å². The second-order valence-corrected chi connectivity index (χ2v) is 4.73. The summed E-state index contributed by atoms with van der Waals surface area (Å²) < 4.78 is 0. The van der Waals surface area contributed by atoms with Gasteiger partial charge in [0.15, 0.2) is 0 Å².